The highest BCUT2D eigenvalue weighted by Crippen LogP contribution is 2.37. The molecule has 2 aromatic rings. The Labute approximate surface area is 136 Å². The molecule has 7 nitrogen and oxygen atoms in total. The molecule has 2 aromatic carbocycles. The van der Waals surface area contributed by atoms with Crippen molar-refractivity contribution in [2.24, 2.45) is 0 Å². The number of carbonyl (C=O) groups is 2. The number of non-ortho nitro benzene ring substituents is 1. The van der Waals surface area contributed by atoms with Gasteiger partial charge in [-0.3, -0.25) is 14.9 Å². The fourth-order valence-electron chi connectivity index (χ4n) is 2.47. The van der Waals surface area contributed by atoms with Gasteiger partial charge in [0, 0.05) is 23.3 Å². The minimum atomic E-state index is -1.19. The molecular weight excluding hydrogens is 314 g/mol. The molecule has 120 valence electrons. The molecule has 1 aliphatic heterocycles. The van der Waals surface area contributed by atoms with Crippen LogP contribution in [0.1, 0.15) is 17.2 Å². The van der Waals surface area contributed by atoms with Crippen LogP contribution < -0.4 is 0 Å². The molecule has 0 radical (unpaired) electrons. The maximum atomic E-state index is 12.1. The van der Waals surface area contributed by atoms with Gasteiger partial charge in [0.15, 0.2) is 6.10 Å². The lowest BCUT2D eigenvalue weighted by molar-refractivity contribution is -0.385. The summed E-state index contributed by atoms with van der Waals surface area (Å²) in [6.07, 6.45) is -1.19. The number of aliphatic hydroxyl groups excluding tert-OH is 1. The van der Waals surface area contributed by atoms with Crippen LogP contribution in [0.4, 0.5) is 5.69 Å². The third-order valence-electron chi connectivity index (χ3n) is 3.60. The fraction of sp³-hybridized carbons (Fsp3) is 0.0588. The van der Waals surface area contributed by atoms with Gasteiger partial charge in [-0.2, -0.15) is 0 Å². The summed E-state index contributed by atoms with van der Waals surface area (Å²) in [6, 6.07) is 13.6. The largest absolute Gasteiger partial charge is 0.507 e. The lowest BCUT2D eigenvalue weighted by atomic mass is 9.96. The molecule has 3 rings (SSSR count). The number of nitro benzene ring substituents is 1. The van der Waals surface area contributed by atoms with Gasteiger partial charge in [-0.1, -0.05) is 42.5 Å². The van der Waals surface area contributed by atoms with E-state index in [1.54, 1.807) is 30.3 Å². The number of carbonyl (C=O) groups excluding carboxylic acids is 2. The zero-order valence-electron chi connectivity index (χ0n) is 12.2. The van der Waals surface area contributed by atoms with Crippen LogP contribution in [-0.2, 0) is 14.3 Å². The normalized spacial score (nSPS) is 19.1. The molecule has 7 heteroatoms. The van der Waals surface area contributed by atoms with E-state index < -0.39 is 22.8 Å². The van der Waals surface area contributed by atoms with Crippen molar-refractivity contribution in [2.45, 2.75) is 6.10 Å². The first-order valence-corrected chi connectivity index (χ1v) is 6.97. The third kappa shape index (κ3) is 2.63. The second kappa shape index (κ2) is 5.96. The number of ketones is 1. The number of hydrogen-bond acceptors (Lipinski definition) is 6. The van der Waals surface area contributed by atoms with Crippen LogP contribution >= 0.6 is 0 Å². The monoisotopic (exact) mass is 325 g/mol. The lowest BCUT2D eigenvalue weighted by Crippen LogP contribution is -2.08. The molecule has 0 bridgehead atoms. The Morgan fingerprint density at radius 1 is 1.08 bits per heavy atom. The van der Waals surface area contributed by atoms with Gasteiger partial charge in [0.2, 0.25) is 0 Å². The number of esters is 1. The van der Waals surface area contributed by atoms with Gasteiger partial charge in [-0.15, -0.1) is 0 Å². The summed E-state index contributed by atoms with van der Waals surface area (Å²) in [5, 5.41) is 21.3. The van der Waals surface area contributed by atoms with Crippen molar-refractivity contribution in [1.82, 2.24) is 0 Å². The first-order valence-electron chi connectivity index (χ1n) is 6.97. The molecule has 0 aliphatic carbocycles. The van der Waals surface area contributed by atoms with Crippen molar-refractivity contribution in [3.8, 4) is 0 Å². The van der Waals surface area contributed by atoms with Crippen molar-refractivity contribution in [3.05, 3.63) is 81.4 Å². The fourth-order valence-corrected chi connectivity index (χ4v) is 2.47. The zero-order valence-corrected chi connectivity index (χ0v) is 12.2. The minimum absolute atomic E-state index is 0.207. The van der Waals surface area contributed by atoms with E-state index in [1.807, 2.05) is 0 Å². The molecule has 0 unspecified atom stereocenters. The molecule has 1 heterocycles. The summed E-state index contributed by atoms with van der Waals surface area (Å²) in [5.74, 6) is -2.46. The molecule has 24 heavy (non-hydrogen) atoms. The standard InChI is InChI=1S/C17H11NO6/c19-14(10-5-2-1-3-6-10)13-15(20)17(21)24-16(13)11-7-4-8-12(9-11)18(22)23/h1-9,16,19H/t16-/m0/s1. The van der Waals surface area contributed by atoms with Crippen LogP contribution in [0.5, 0.6) is 0 Å². The Kier molecular flexibility index (Phi) is 3.83. The Bertz CT molecular complexity index is 872. The van der Waals surface area contributed by atoms with Crippen molar-refractivity contribution in [2.75, 3.05) is 0 Å². The highest BCUT2D eigenvalue weighted by atomic mass is 16.6. The second-order valence-corrected chi connectivity index (χ2v) is 5.09. The SMILES string of the molecule is O=C1O[C@@H](c2cccc([N+](=O)[O-])c2)C(=C(O)c2ccccc2)C1=O. The Morgan fingerprint density at radius 2 is 1.79 bits per heavy atom. The summed E-state index contributed by atoms with van der Waals surface area (Å²) in [5.41, 5.74) is 0.142. The Hall–Kier alpha value is -3.48. The molecule has 1 N–H and O–H groups in total. The molecule has 1 aliphatic rings. The minimum Gasteiger partial charge on any atom is -0.507 e. The number of hydrogen-bond donors (Lipinski definition) is 1. The van der Waals surface area contributed by atoms with Crippen molar-refractivity contribution >= 4 is 23.2 Å². The van der Waals surface area contributed by atoms with Gasteiger partial charge < -0.3 is 9.84 Å². The van der Waals surface area contributed by atoms with Crippen LogP contribution in [0.15, 0.2) is 60.2 Å². The van der Waals surface area contributed by atoms with E-state index in [1.165, 1.54) is 24.3 Å². The van der Waals surface area contributed by atoms with Gasteiger partial charge in [-0.25, -0.2) is 4.79 Å². The molecule has 0 saturated carbocycles. The number of cyclic esters (lactones) is 1. The van der Waals surface area contributed by atoms with Gasteiger partial charge in [0.25, 0.3) is 11.5 Å². The van der Waals surface area contributed by atoms with E-state index in [9.17, 15) is 24.8 Å². The van der Waals surface area contributed by atoms with Gasteiger partial charge in [0.1, 0.15) is 5.76 Å². The average Bonchev–Trinajstić information content (AvgIpc) is 2.90. The Morgan fingerprint density at radius 3 is 2.46 bits per heavy atom. The van der Waals surface area contributed by atoms with E-state index in [2.05, 4.69) is 0 Å². The maximum absolute atomic E-state index is 12.1. The van der Waals surface area contributed by atoms with Crippen LogP contribution in [0, 0.1) is 10.1 Å². The molecule has 0 spiro atoms. The second-order valence-electron chi connectivity index (χ2n) is 5.09. The Balaban J connectivity index is 2.13. The van der Waals surface area contributed by atoms with E-state index >= 15 is 0 Å². The highest BCUT2D eigenvalue weighted by Gasteiger charge is 2.42. The molecule has 1 atom stereocenters. The lowest BCUT2D eigenvalue weighted by Gasteiger charge is -2.12. The highest BCUT2D eigenvalue weighted by molar-refractivity contribution is 6.44. The predicted molar refractivity (Wildman–Crippen MR) is 82.9 cm³/mol. The number of aliphatic hydroxyl groups is 1. The van der Waals surface area contributed by atoms with Crippen molar-refractivity contribution in [1.29, 1.82) is 0 Å². The number of ether oxygens (including phenoxy) is 1. The number of benzene rings is 2. The summed E-state index contributed by atoms with van der Waals surface area (Å²) in [4.78, 5) is 34.1. The molecule has 0 amide bonds. The van der Waals surface area contributed by atoms with Crippen LogP contribution in [0.2, 0.25) is 0 Å². The van der Waals surface area contributed by atoms with Crippen molar-refractivity contribution < 1.29 is 24.4 Å². The van der Waals surface area contributed by atoms with Crippen LogP contribution in [0.3, 0.4) is 0 Å². The maximum Gasteiger partial charge on any atom is 0.380 e. The summed E-state index contributed by atoms with van der Waals surface area (Å²) in [7, 11) is 0. The zero-order chi connectivity index (χ0) is 17.3. The van der Waals surface area contributed by atoms with E-state index in [0.717, 1.165) is 0 Å². The van der Waals surface area contributed by atoms with Gasteiger partial charge in [0.05, 0.1) is 10.5 Å². The van der Waals surface area contributed by atoms with E-state index in [4.69, 9.17) is 4.74 Å². The number of Topliss-reactive ketones (excluding diaryl/α,β-unsaturated/α-hetero) is 1. The van der Waals surface area contributed by atoms with Gasteiger partial charge >= 0.3 is 5.97 Å². The molecular formula is C17H11NO6. The predicted octanol–water partition coefficient (Wildman–Crippen LogP) is 2.73. The first-order chi connectivity index (χ1) is 11.5. The smallest absolute Gasteiger partial charge is 0.380 e. The van der Waals surface area contributed by atoms with Crippen LogP contribution in [0.25, 0.3) is 5.76 Å². The summed E-state index contributed by atoms with van der Waals surface area (Å²) >= 11 is 0. The number of nitrogens with zero attached hydrogens (tertiary/aromatic N) is 1. The topological polar surface area (TPSA) is 107 Å². The van der Waals surface area contributed by atoms with E-state index in [-0.39, 0.29) is 22.6 Å². The third-order valence-corrected chi connectivity index (χ3v) is 3.60. The summed E-state index contributed by atoms with van der Waals surface area (Å²) < 4.78 is 5.02. The van der Waals surface area contributed by atoms with Crippen LogP contribution in [-0.4, -0.2) is 21.8 Å². The van der Waals surface area contributed by atoms with E-state index in [0.29, 0.717) is 5.56 Å². The molecule has 1 fully saturated rings. The van der Waals surface area contributed by atoms with Gasteiger partial charge in [-0.05, 0) is 0 Å². The molecule has 0 aromatic heterocycles. The quantitative estimate of drug-likeness (QED) is 0.232. The number of nitro groups is 1. The van der Waals surface area contributed by atoms with Crippen molar-refractivity contribution in [3.63, 3.8) is 0 Å². The first kappa shape index (κ1) is 15.4. The summed E-state index contributed by atoms with van der Waals surface area (Å²) in [6.45, 7) is 0. The number of rotatable bonds is 3. The molecule has 1 saturated heterocycles. The average molecular weight is 325 g/mol.